The quantitative estimate of drug-likeness (QED) is 0.691. The minimum atomic E-state index is -4.62. The molecule has 3 N–H and O–H groups in total. The van der Waals surface area contributed by atoms with E-state index in [0.29, 0.717) is 4.70 Å². The summed E-state index contributed by atoms with van der Waals surface area (Å²) in [5.41, 5.74) is 2.94. The van der Waals surface area contributed by atoms with E-state index in [4.69, 9.17) is 5.73 Å². The first-order valence-electron chi connectivity index (χ1n) is 6.73. The molecule has 0 amide bonds. The second kappa shape index (κ2) is 5.65. The number of nitrogens with two attached hydrogens (primary N) is 1. The average molecular weight is 360 g/mol. The van der Waals surface area contributed by atoms with E-state index in [1.165, 1.54) is 18.2 Å². The van der Waals surface area contributed by atoms with Crippen LogP contribution in [0.15, 0.2) is 28.4 Å². The maximum Gasteiger partial charge on any atom is 0.417 e. The van der Waals surface area contributed by atoms with Crippen molar-refractivity contribution < 1.29 is 13.2 Å². The molecule has 0 spiro atoms. The van der Waals surface area contributed by atoms with Gasteiger partial charge in [-0.2, -0.15) is 23.7 Å². The Morgan fingerprint density at radius 3 is 2.44 bits per heavy atom. The molecule has 0 aliphatic carbocycles. The van der Waals surface area contributed by atoms with Gasteiger partial charge in [0.25, 0.3) is 5.56 Å². The molecule has 0 aliphatic heterocycles. The lowest BCUT2D eigenvalue weighted by molar-refractivity contribution is -0.136. The molecule has 2 heterocycles. The maximum atomic E-state index is 13.4. The van der Waals surface area contributed by atoms with Gasteiger partial charge in [0.2, 0.25) is 0 Å². The fourth-order valence-corrected chi connectivity index (χ4v) is 3.61. The molecule has 0 radical (unpaired) electrons. The lowest BCUT2D eigenvalue weighted by Crippen LogP contribution is -2.16. The summed E-state index contributed by atoms with van der Waals surface area (Å²) in [7, 11) is 0. The lowest BCUT2D eigenvalue weighted by atomic mass is 9.93. The molecule has 0 unspecified atom stereocenters. The van der Waals surface area contributed by atoms with Crippen LogP contribution in [0.1, 0.15) is 16.7 Å². The molecule has 0 atom stereocenters. The van der Waals surface area contributed by atoms with Crippen molar-refractivity contribution in [1.82, 2.24) is 4.98 Å². The molecule has 9 heteroatoms. The SMILES string of the molecule is N#Cc1c(N)[nH]c(=O)c(C#N)c1-c1cccc2scc(C(F)(F)F)c12. The number of halogens is 3. The number of nitrogens with one attached hydrogen (secondary N) is 1. The molecular formula is C16H7F3N4OS. The van der Waals surface area contributed by atoms with Crippen molar-refractivity contribution >= 4 is 27.2 Å². The lowest BCUT2D eigenvalue weighted by Gasteiger charge is -2.12. The smallest absolute Gasteiger partial charge is 0.384 e. The summed E-state index contributed by atoms with van der Waals surface area (Å²) in [5.74, 6) is -0.303. The van der Waals surface area contributed by atoms with Gasteiger partial charge in [0.05, 0.1) is 5.56 Å². The van der Waals surface area contributed by atoms with Crippen molar-refractivity contribution in [3.63, 3.8) is 0 Å². The van der Waals surface area contributed by atoms with Crippen LogP contribution in [0.25, 0.3) is 21.2 Å². The third kappa shape index (κ3) is 2.51. The highest BCUT2D eigenvalue weighted by atomic mass is 32.1. The van der Waals surface area contributed by atoms with Crippen LogP contribution in [0, 0.1) is 22.7 Å². The Morgan fingerprint density at radius 2 is 1.84 bits per heavy atom. The van der Waals surface area contributed by atoms with Gasteiger partial charge in [-0.1, -0.05) is 12.1 Å². The molecule has 1 aromatic carbocycles. The van der Waals surface area contributed by atoms with E-state index in [9.17, 15) is 28.5 Å². The van der Waals surface area contributed by atoms with Crippen molar-refractivity contribution in [2.45, 2.75) is 6.18 Å². The van der Waals surface area contributed by atoms with Gasteiger partial charge in [-0.15, -0.1) is 11.3 Å². The number of rotatable bonds is 1. The number of nitriles is 2. The molecule has 2 aromatic heterocycles. The van der Waals surface area contributed by atoms with Crippen LogP contribution < -0.4 is 11.3 Å². The Labute approximate surface area is 142 Å². The molecule has 5 nitrogen and oxygen atoms in total. The Morgan fingerprint density at radius 1 is 1.16 bits per heavy atom. The van der Waals surface area contributed by atoms with Crippen LogP contribution in [0.2, 0.25) is 0 Å². The zero-order valence-corrected chi connectivity index (χ0v) is 13.0. The van der Waals surface area contributed by atoms with Crippen molar-refractivity contribution in [3.05, 3.63) is 50.6 Å². The molecule has 0 fully saturated rings. The predicted molar refractivity (Wildman–Crippen MR) is 86.7 cm³/mol. The van der Waals surface area contributed by atoms with Gasteiger partial charge >= 0.3 is 6.18 Å². The predicted octanol–water partition coefficient (Wildman–Crippen LogP) is 3.60. The third-order valence-electron chi connectivity index (χ3n) is 3.64. The molecule has 3 aromatic rings. The van der Waals surface area contributed by atoms with E-state index in [2.05, 4.69) is 4.98 Å². The molecule has 3 rings (SSSR count). The van der Waals surface area contributed by atoms with Crippen LogP contribution >= 0.6 is 11.3 Å². The van der Waals surface area contributed by atoms with Gasteiger partial charge < -0.3 is 10.7 Å². The van der Waals surface area contributed by atoms with E-state index in [-0.39, 0.29) is 27.9 Å². The Hall–Kier alpha value is -3.30. The summed E-state index contributed by atoms with van der Waals surface area (Å²) < 4.78 is 40.4. The molecule has 0 saturated heterocycles. The zero-order valence-electron chi connectivity index (χ0n) is 12.2. The van der Waals surface area contributed by atoms with Crippen LogP contribution in [0.3, 0.4) is 0 Å². The first kappa shape index (κ1) is 16.6. The van der Waals surface area contributed by atoms with Gasteiger partial charge in [0.15, 0.2) is 0 Å². The fourth-order valence-electron chi connectivity index (χ4n) is 2.62. The second-order valence-electron chi connectivity index (χ2n) is 5.04. The van der Waals surface area contributed by atoms with Crippen LogP contribution in [0.4, 0.5) is 19.0 Å². The number of aromatic amines is 1. The summed E-state index contributed by atoms with van der Waals surface area (Å²) in [6.45, 7) is 0. The summed E-state index contributed by atoms with van der Waals surface area (Å²) >= 11 is 0.882. The summed E-state index contributed by atoms with van der Waals surface area (Å²) in [6.07, 6.45) is -4.62. The fraction of sp³-hybridized carbons (Fsp3) is 0.0625. The van der Waals surface area contributed by atoms with Crippen LogP contribution in [-0.2, 0) is 6.18 Å². The standard InChI is InChI=1S/C16H7F3N4OS/c17-16(18,19)10-6-25-11-3-1-2-7(13(10)11)12-8(4-20)14(22)23-15(24)9(12)5-21/h1-3,6H,(H3,22,23,24). The van der Waals surface area contributed by atoms with Crippen LogP contribution in [0.5, 0.6) is 0 Å². The number of hydrogen-bond acceptors (Lipinski definition) is 5. The highest BCUT2D eigenvalue weighted by Gasteiger charge is 2.35. The number of fused-ring (bicyclic) bond motifs is 1. The van der Waals surface area contributed by atoms with Gasteiger partial charge in [-0.3, -0.25) is 4.79 Å². The highest BCUT2D eigenvalue weighted by Crippen LogP contribution is 2.44. The van der Waals surface area contributed by atoms with E-state index in [0.717, 1.165) is 16.7 Å². The minimum absolute atomic E-state index is 0.0306. The Kier molecular flexibility index (Phi) is 3.74. The van der Waals surface area contributed by atoms with Gasteiger partial charge in [0.1, 0.15) is 29.1 Å². The number of anilines is 1. The number of aromatic nitrogens is 1. The normalized spacial score (nSPS) is 11.2. The third-order valence-corrected chi connectivity index (χ3v) is 4.59. The van der Waals surface area contributed by atoms with Gasteiger partial charge in [-0.05, 0) is 11.6 Å². The molecule has 124 valence electrons. The van der Waals surface area contributed by atoms with E-state index in [1.54, 1.807) is 12.1 Å². The number of benzene rings is 1. The highest BCUT2D eigenvalue weighted by molar-refractivity contribution is 7.17. The van der Waals surface area contributed by atoms with Gasteiger partial charge in [0, 0.05) is 21.0 Å². The Bertz CT molecular complexity index is 1150. The second-order valence-corrected chi connectivity index (χ2v) is 5.95. The number of thiophene rings is 1. The largest absolute Gasteiger partial charge is 0.417 e. The zero-order chi connectivity index (χ0) is 18.4. The first-order chi connectivity index (χ1) is 11.8. The topological polar surface area (TPSA) is 106 Å². The number of pyridine rings is 1. The van der Waals surface area contributed by atoms with Crippen LogP contribution in [-0.4, -0.2) is 4.98 Å². The molecule has 0 saturated carbocycles. The number of hydrogen-bond donors (Lipinski definition) is 2. The van der Waals surface area contributed by atoms with E-state index >= 15 is 0 Å². The van der Waals surface area contributed by atoms with Crippen molar-refractivity contribution in [2.75, 3.05) is 5.73 Å². The molecule has 0 aliphatic rings. The summed E-state index contributed by atoms with van der Waals surface area (Å²) in [4.78, 5) is 14.2. The number of alkyl halides is 3. The number of nitrogens with zero attached hydrogens (tertiary/aromatic N) is 2. The molecule has 25 heavy (non-hydrogen) atoms. The molecular weight excluding hydrogens is 353 g/mol. The number of H-pyrrole nitrogens is 1. The van der Waals surface area contributed by atoms with Crippen molar-refractivity contribution in [1.29, 1.82) is 10.5 Å². The average Bonchev–Trinajstić information content (AvgIpc) is 2.98. The monoisotopic (exact) mass is 360 g/mol. The Balaban J connectivity index is 2.56. The number of nitrogen functional groups attached to an aromatic ring is 1. The van der Waals surface area contributed by atoms with E-state index in [1.807, 2.05) is 0 Å². The maximum absolute atomic E-state index is 13.4. The summed E-state index contributed by atoms with van der Waals surface area (Å²) in [5, 5.41) is 19.4. The van der Waals surface area contributed by atoms with Crippen molar-refractivity contribution in [2.24, 2.45) is 0 Å². The van der Waals surface area contributed by atoms with Gasteiger partial charge in [-0.25, -0.2) is 0 Å². The van der Waals surface area contributed by atoms with Crippen molar-refractivity contribution in [3.8, 4) is 23.3 Å². The first-order valence-corrected chi connectivity index (χ1v) is 7.61. The van der Waals surface area contributed by atoms with E-state index < -0.39 is 22.9 Å². The summed E-state index contributed by atoms with van der Waals surface area (Å²) in [6, 6.07) is 7.73. The minimum Gasteiger partial charge on any atom is -0.384 e. The molecule has 0 bridgehead atoms.